The first-order valence-electron chi connectivity index (χ1n) is 8.37. The Bertz CT molecular complexity index is 712. The third-order valence-corrected chi connectivity index (χ3v) is 4.35. The summed E-state index contributed by atoms with van der Waals surface area (Å²) < 4.78 is 1.70. The van der Waals surface area contributed by atoms with E-state index >= 15 is 0 Å². The number of rotatable bonds is 4. The van der Waals surface area contributed by atoms with Crippen molar-refractivity contribution in [2.24, 2.45) is 7.05 Å². The average Bonchev–Trinajstić information content (AvgIpc) is 2.94. The molecule has 1 fully saturated rings. The Morgan fingerprint density at radius 1 is 1.17 bits per heavy atom. The van der Waals surface area contributed by atoms with Crippen molar-refractivity contribution in [3.05, 3.63) is 59.4 Å². The number of amides is 1. The molecule has 24 heavy (non-hydrogen) atoms. The molecule has 0 spiro atoms. The van der Waals surface area contributed by atoms with Gasteiger partial charge >= 0.3 is 0 Å². The van der Waals surface area contributed by atoms with E-state index in [4.69, 9.17) is 0 Å². The van der Waals surface area contributed by atoms with Gasteiger partial charge in [-0.1, -0.05) is 42.5 Å². The second-order valence-electron chi connectivity index (χ2n) is 6.24. The molecule has 1 aromatic heterocycles. The molecule has 0 bridgehead atoms. The van der Waals surface area contributed by atoms with Crippen LogP contribution in [-0.2, 0) is 7.05 Å². The summed E-state index contributed by atoms with van der Waals surface area (Å²) in [5.41, 5.74) is 2.74. The lowest BCUT2D eigenvalue weighted by Crippen LogP contribution is -2.48. The number of hydrogen-bond acceptors (Lipinski definition) is 3. The molecule has 1 aromatic carbocycles. The van der Waals surface area contributed by atoms with Crippen molar-refractivity contribution in [3.63, 3.8) is 0 Å². The molecule has 2 aromatic rings. The molecule has 3 rings (SSSR count). The van der Waals surface area contributed by atoms with Crippen LogP contribution in [0.3, 0.4) is 0 Å². The molecular weight excluding hydrogens is 300 g/mol. The first-order valence-corrected chi connectivity index (χ1v) is 8.37. The maximum atomic E-state index is 12.6. The Balaban J connectivity index is 1.50. The highest BCUT2D eigenvalue weighted by atomic mass is 16.2. The predicted molar refractivity (Wildman–Crippen MR) is 95.8 cm³/mol. The van der Waals surface area contributed by atoms with Crippen LogP contribution in [0.2, 0.25) is 0 Å². The Morgan fingerprint density at radius 2 is 1.88 bits per heavy atom. The van der Waals surface area contributed by atoms with Gasteiger partial charge in [0.25, 0.3) is 5.91 Å². The standard InChI is InChI=1S/C19H24N4O/c1-16-15-21(2)20-18(16)19(24)23-13-11-22(12-14-23)10-6-9-17-7-4-3-5-8-17/h3-9,15H,10-14H2,1-2H3/b9-6+. The van der Waals surface area contributed by atoms with E-state index in [1.165, 1.54) is 5.56 Å². The highest BCUT2D eigenvalue weighted by Crippen LogP contribution is 2.11. The lowest BCUT2D eigenvalue weighted by atomic mass is 10.2. The van der Waals surface area contributed by atoms with Crippen molar-refractivity contribution >= 4 is 12.0 Å². The Labute approximate surface area is 143 Å². The summed E-state index contributed by atoms with van der Waals surface area (Å²) in [4.78, 5) is 16.8. The molecule has 2 heterocycles. The maximum absolute atomic E-state index is 12.6. The van der Waals surface area contributed by atoms with Crippen LogP contribution in [0.4, 0.5) is 0 Å². The van der Waals surface area contributed by atoms with Crippen LogP contribution in [0.15, 0.2) is 42.6 Å². The van der Waals surface area contributed by atoms with Crippen molar-refractivity contribution in [2.75, 3.05) is 32.7 Å². The van der Waals surface area contributed by atoms with Gasteiger partial charge in [-0.05, 0) is 12.5 Å². The molecule has 1 amide bonds. The van der Waals surface area contributed by atoms with Gasteiger partial charge in [0.15, 0.2) is 5.69 Å². The number of piperazine rings is 1. The number of benzene rings is 1. The van der Waals surface area contributed by atoms with Crippen molar-refractivity contribution < 1.29 is 4.79 Å². The maximum Gasteiger partial charge on any atom is 0.274 e. The molecule has 5 nitrogen and oxygen atoms in total. The van der Waals surface area contributed by atoms with Crippen molar-refractivity contribution in [1.29, 1.82) is 0 Å². The average molecular weight is 324 g/mol. The zero-order valence-electron chi connectivity index (χ0n) is 14.4. The summed E-state index contributed by atoms with van der Waals surface area (Å²) in [7, 11) is 1.85. The topological polar surface area (TPSA) is 41.4 Å². The first kappa shape index (κ1) is 16.5. The van der Waals surface area contributed by atoms with Crippen LogP contribution >= 0.6 is 0 Å². The van der Waals surface area contributed by atoms with Crippen LogP contribution in [0.25, 0.3) is 6.08 Å². The monoisotopic (exact) mass is 324 g/mol. The quantitative estimate of drug-likeness (QED) is 0.866. The van der Waals surface area contributed by atoms with E-state index in [0.29, 0.717) is 5.69 Å². The first-order chi connectivity index (χ1) is 11.6. The number of carbonyl (C=O) groups is 1. The van der Waals surface area contributed by atoms with E-state index in [0.717, 1.165) is 38.3 Å². The number of aryl methyl sites for hydroxylation is 2. The van der Waals surface area contributed by atoms with E-state index in [1.807, 2.05) is 43.3 Å². The summed E-state index contributed by atoms with van der Waals surface area (Å²) in [6.07, 6.45) is 6.22. The number of aromatic nitrogens is 2. The highest BCUT2D eigenvalue weighted by Gasteiger charge is 2.24. The summed E-state index contributed by atoms with van der Waals surface area (Å²) in [5, 5.41) is 4.29. The fraction of sp³-hybridized carbons (Fsp3) is 0.368. The number of nitrogens with zero attached hydrogens (tertiary/aromatic N) is 4. The molecule has 0 unspecified atom stereocenters. The van der Waals surface area contributed by atoms with Gasteiger partial charge < -0.3 is 4.90 Å². The second-order valence-corrected chi connectivity index (χ2v) is 6.24. The Morgan fingerprint density at radius 3 is 2.50 bits per heavy atom. The zero-order chi connectivity index (χ0) is 16.9. The normalized spacial score (nSPS) is 16.0. The highest BCUT2D eigenvalue weighted by molar-refractivity contribution is 5.93. The summed E-state index contributed by atoms with van der Waals surface area (Å²) in [5.74, 6) is 0.0487. The fourth-order valence-electron chi connectivity index (χ4n) is 3.00. The van der Waals surface area contributed by atoms with E-state index in [2.05, 4.69) is 34.3 Å². The van der Waals surface area contributed by atoms with Crippen LogP contribution in [-0.4, -0.2) is 58.2 Å². The molecule has 126 valence electrons. The summed E-state index contributed by atoms with van der Waals surface area (Å²) in [6, 6.07) is 10.3. The van der Waals surface area contributed by atoms with Gasteiger partial charge in [0.05, 0.1) is 0 Å². The molecule has 0 aliphatic carbocycles. The fourth-order valence-corrected chi connectivity index (χ4v) is 3.00. The van der Waals surface area contributed by atoms with Crippen LogP contribution in [0.1, 0.15) is 21.6 Å². The molecule has 1 saturated heterocycles. The molecule has 5 heteroatoms. The zero-order valence-corrected chi connectivity index (χ0v) is 14.4. The van der Waals surface area contributed by atoms with Gasteiger partial charge in [0, 0.05) is 51.5 Å². The Hall–Kier alpha value is -2.40. The minimum atomic E-state index is 0.0487. The van der Waals surface area contributed by atoms with Gasteiger partial charge in [-0.25, -0.2) is 0 Å². The van der Waals surface area contributed by atoms with Gasteiger partial charge in [-0.3, -0.25) is 14.4 Å². The SMILES string of the molecule is Cc1cn(C)nc1C(=O)N1CCN(C/C=C/c2ccccc2)CC1. The molecule has 0 radical (unpaired) electrons. The third kappa shape index (κ3) is 3.92. The van der Waals surface area contributed by atoms with E-state index in [-0.39, 0.29) is 5.91 Å². The van der Waals surface area contributed by atoms with Crippen molar-refractivity contribution in [1.82, 2.24) is 19.6 Å². The lowest BCUT2D eigenvalue weighted by Gasteiger charge is -2.33. The minimum Gasteiger partial charge on any atom is -0.335 e. The van der Waals surface area contributed by atoms with Gasteiger partial charge in [0.2, 0.25) is 0 Å². The molecular formula is C19H24N4O. The molecule has 1 aliphatic heterocycles. The number of carbonyl (C=O) groups excluding carboxylic acids is 1. The van der Waals surface area contributed by atoms with Crippen LogP contribution in [0, 0.1) is 6.92 Å². The van der Waals surface area contributed by atoms with E-state index in [9.17, 15) is 4.79 Å². The van der Waals surface area contributed by atoms with Crippen LogP contribution < -0.4 is 0 Å². The molecule has 0 saturated carbocycles. The van der Waals surface area contributed by atoms with E-state index in [1.54, 1.807) is 4.68 Å². The third-order valence-electron chi connectivity index (χ3n) is 4.35. The van der Waals surface area contributed by atoms with Gasteiger partial charge in [0.1, 0.15) is 0 Å². The van der Waals surface area contributed by atoms with Gasteiger partial charge in [-0.15, -0.1) is 0 Å². The van der Waals surface area contributed by atoms with Crippen molar-refractivity contribution in [2.45, 2.75) is 6.92 Å². The van der Waals surface area contributed by atoms with Crippen LogP contribution in [0.5, 0.6) is 0 Å². The Kier molecular flexibility index (Phi) is 5.11. The van der Waals surface area contributed by atoms with E-state index < -0.39 is 0 Å². The summed E-state index contributed by atoms with van der Waals surface area (Å²) in [6.45, 7) is 6.17. The second kappa shape index (κ2) is 7.45. The summed E-state index contributed by atoms with van der Waals surface area (Å²) >= 11 is 0. The smallest absolute Gasteiger partial charge is 0.274 e. The lowest BCUT2D eigenvalue weighted by molar-refractivity contribution is 0.0643. The van der Waals surface area contributed by atoms with Gasteiger partial charge in [-0.2, -0.15) is 5.10 Å². The molecule has 0 N–H and O–H groups in total. The molecule has 0 atom stereocenters. The predicted octanol–water partition coefficient (Wildman–Crippen LogP) is 2.20. The number of hydrogen-bond donors (Lipinski definition) is 0. The van der Waals surface area contributed by atoms with Crippen molar-refractivity contribution in [3.8, 4) is 0 Å². The largest absolute Gasteiger partial charge is 0.335 e. The minimum absolute atomic E-state index is 0.0487. The molecule has 1 aliphatic rings.